The second-order valence-corrected chi connectivity index (χ2v) is 9.21. The van der Waals surface area contributed by atoms with Gasteiger partial charge in [-0.1, -0.05) is 90.4 Å². The summed E-state index contributed by atoms with van der Waals surface area (Å²) in [4.78, 5) is 12.6. The number of urea groups is 1. The lowest BCUT2D eigenvalue weighted by Crippen LogP contribution is -2.29. The molecule has 2 N–H and O–H groups in total. The zero-order chi connectivity index (χ0) is 23.9. The Morgan fingerprint density at radius 3 is 2.56 bits per heavy atom. The van der Waals surface area contributed by atoms with Gasteiger partial charge < -0.3 is 10.6 Å². The van der Waals surface area contributed by atoms with Gasteiger partial charge in [-0.15, -0.1) is 10.2 Å². The van der Waals surface area contributed by atoms with Crippen LogP contribution in [0, 0.1) is 0 Å². The zero-order valence-electron chi connectivity index (χ0n) is 18.5. The first-order valence-electron chi connectivity index (χ1n) is 10.7. The number of carbonyl (C=O) groups excluding carboxylic acids is 1. The number of halogens is 2. The third-order valence-electron chi connectivity index (χ3n) is 5.11. The van der Waals surface area contributed by atoms with Crippen molar-refractivity contribution in [3.63, 3.8) is 0 Å². The first-order valence-corrected chi connectivity index (χ1v) is 12.5. The number of aromatic nitrogens is 3. The van der Waals surface area contributed by atoms with Crippen molar-refractivity contribution >= 4 is 46.7 Å². The van der Waals surface area contributed by atoms with E-state index in [2.05, 4.69) is 33.0 Å². The largest absolute Gasteiger partial charge is 0.331 e. The summed E-state index contributed by atoms with van der Waals surface area (Å²) in [6.45, 7) is 2.20. The van der Waals surface area contributed by atoms with Crippen molar-refractivity contribution in [2.75, 3.05) is 5.32 Å². The minimum Gasteiger partial charge on any atom is -0.331 e. The highest BCUT2D eigenvalue weighted by Crippen LogP contribution is 2.31. The van der Waals surface area contributed by atoms with E-state index in [1.165, 1.54) is 11.8 Å². The highest BCUT2D eigenvalue weighted by atomic mass is 35.5. The third kappa shape index (κ3) is 5.91. The Morgan fingerprint density at radius 1 is 1.00 bits per heavy atom. The minimum absolute atomic E-state index is 0.155. The summed E-state index contributed by atoms with van der Waals surface area (Å²) >= 11 is 14.3. The molecule has 0 fully saturated rings. The van der Waals surface area contributed by atoms with E-state index in [1.807, 2.05) is 54.0 Å². The number of rotatable bonds is 8. The molecular weight excluding hydrogens is 489 g/mol. The predicted molar refractivity (Wildman–Crippen MR) is 139 cm³/mol. The summed E-state index contributed by atoms with van der Waals surface area (Å²) in [6, 6.07) is 22.7. The van der Waals surface area contributed by atoms with Crippen molar-refractivity contribution in [3.8, 4) is 5.69 Å². The molecule has 0 unspecified atom stereocenters. The molecule has 3 aromatic carbocycles. The molecule has 0 saturated heterocycles. The Balaban J connectivity index is 1.56. The normalized spacial score (nSPS) is 10.8. The van der Waals surface area contributed by atoms with Gasteiger partial charge in [-0.3, -0.25) is 4.57 Å². The fourth-order valence-corrected chi connectivity index (χ4v) is 4.69. The number of amides is 2. The fraction of sp³-hybridized carbons (Fsp3) is 0.160. The minimum atomic E-state index is -0.328. The number of aryl methyl sites for hydroxylation is 1. The van der Waals surface area contributed by atoms with E-state index in [4.69, 9.17) is 23.2 Å². The number of anilines is 1. The number of benzene rings is 3. The van der Waals surface area contributed by atoms with E-state index < -0.39 is 0 Å². The Bertz CT molecular complexity index is 1280. The standard InChI is InChI=1S/C25H23Cl2N5OS/c1-2-18-10-6-7-11-21(18)29-24(33)28-15-23-30-31-25(34-16-17-8-4-3-5-9-17)32(23)22-14-19(26)12-13-20(22)27/h3-14H,2,15-16H2,1H3,(H2,28,29,33). The first kappa shape index (κ1) is 24.1. The lowest BCUT2D eigenvalue weighted by Gasteiger charge is -2.14. The number of hydrogen-bond donors (Lipinski definition) is 2. The Labute approximate surface area is 212 Å². The Hall–Kier alpha value is -3.00. The van der Waals surface area contributed by atoms with Gasteiger partial charge in [0.25, 0.3) is 0 Å². The van der Waals surface area contributed by atoms with Crippen molar-refractivity contribution in [2.24, 2.45) is 0 Å². The van der Waals surface area contributed by atoms with Gasteiger partial charge in [-0.2, -0.15) is 0 Å². The van der Waals surface area contributed by atoms with Gasteiger partial charge in [0.1, 0.15) is 0 Å². The highest BCUT2D eigenvalue weighted by Gasteiger charge is 2.18. The quantitative estimate of drug-likeness (QED) is 0.256. The summed E-state index contributed by atoms with van der Waals surface area (Å²) in [7, 11) is 0. The lowest BCUT2D eigenvalue weighted by atomic mass is 10.1. The van der Waals surface area contributed by atoms with Crippen molar-refractivity contribution < 1.29 is 4.79 Å². The molecule has 2 amide bonds. The highest BCUT2D eigenvalue weighted by molar-refractivity contribution is 7.98. The van der Waals surface area contributed by atoms with E-state index in [9.17, 15) is 4.79 Å². The molecule has 34 heavy (non-hydrogen) atoms. The summed E-state index contributed by atoms with van der Waals surface area (Å²) in [6.07, 6.45) is 0.819. The van der Waals surface area contributed by atoms with Crippen molar-refractivity contribution in [3.05, 3.63) is 99.8 Å². The number of nitrogens with one attached hydrogen (secondary N) is 2. The Morgan fingerprint density at radius 2 is 1.76 bits per heavy atom. The monoisotopic (exact) mass is 511 g/mol. The maximum Gasteiger partial charge on any atom is 0.319 e. The van der Waals surface area contributed by atoms with Crippen LogP contribution in [-0.4, -0.2) is 20.8 Å². The van der Waals surface area contributed by atoms with Crippen LogP contribution in [0.1, 0.15) is 23.9 Å². The third-order valence-corrected chi connectivity index (χ3v) is 6.67. The van der Waals surface area contributed by atoms with Gasteiger partial charge in [0.2, 0.25) is 0 Å². The van der Waals surface area contributed by atoms with Crippen LogP contribution < -0.4 is 10.6 Å². The predicted octanol–water partition coefficient (Wildman–Crippen LogP) is 6.75. The van der Waals surface area contributed by atoms with Gasteiger partial charge in [-0.25, -0.2) is 4.79 Å². The first-order chi connectivity index (χ1) is 16.5. The van der Waals surface area contributed by atoms with Gasteiger partial charge in [-0.05, 0) is 41.8 Å². The smallest absolute Gasteiger partial charge is 0.319 e. The van der Waals surface area contributed by atoms with Crippen LogP contribution in [0.3, 0.4) is 0 Å². The molecule has 174 valence electrons. The van der Waals surface area contributed by atoms with Gasteiger partial charge >= 0.3 is 6.03 Å². The molecule has 0 spiro atoms. The van der Waals surface area contributed by atoms with Crippen LogP contribution in [0.5, 0.6) is 0 Å². The summed E-state index contributed by atoms with van der Waals surface area (Å²) in [5, 5.41) is 16.2. The van der Waals surface area contributed by atoms with E-state index in [0.717, 1.165) is 23.2 Å². The van der Waals surface area contributed by atoms with Crippen LogP contribution in [0.4, 0.5) is 10.5 Å². The van der Waals surface area contributed by atoms with Gasteiger partial charge in [0, 0.05) is 16.5 Å². The molecule has 1 aromatic heterocycles. The topological polar surface area (TPSA) is 71.8 Å². The van der Waals surface area contributed by atoms with E-state index >= 15 is 0 Å². The number of hydrogen-bond acceptors (Lipinski definition) is 4. The molecular formula is C25H23Cl2N5OS. The molecule has 0 radical (unpaired) electrons. The molecule has 4 aromatic rings. The number of thioether (sulfide) groups is 1. The van der Waals surface area contributed by atoms with Crippen LogP contribution in [0.25, 0.3) is 5.69 Å². The summed E-state index contributed by atoms with van der Waals surface area (Å²) in [5.41, 5.74) is 3.66. The number of carbonyl (C=O) groups is 1. The van der Waals surface area contributed by atoms with Crippen LogP contribution in [-0.2, 0) is 18.7 Å². The second kappa shape index (κ2) is 11.4. The van der Waals surface area contributed by atoms with Crippen molar-refractivity contribution in [1.82, 2.24) is 20.1 Å². The van der Waals surface area contributed by atoms with Crippen LogP contribution >= 0.6 is 35.0 Å². The van der Waals surface area contributed by atoms with Crippen molar-refractivity contribution in [1.29, 1.82) is 0 Å². The lowest BCUT2D eigenvalue weighted by molar-refractivity contribution is 0.251. The maximum absolute atomic E-state index is 12.6. The SMILES string of the molecule is CCc1ccccc1NC(=O)NCc1nnc(SCc2ccccc2)n1-c1cc(Cl)ccc1Cl. The molecule has 6 nitrogen and oxygen atoms in total. The van der Waals surface area contributed by atoms with Gasteiger partial charge in [0.05, 0.1) is 17.3 Å². The zero-order valence-corrected chi connectivity index (χ0v) is 20.8. The van der Waals surface area contributed by atoms with Crippen molar-refractivity contribution in [2.45, 2.75) is 30.8 Å². The molecule has 0 aliphatic heterocycles. The molecule has 9 heteroatoms. The van der Waals surface area contributed by atoms with E-state index in [1.54, 1.807) is 18.2 Å². The number of para-hydroxylation sites is 1. The van der Waals surface area contributed by atoms with Crippen LogP contribution in [0.15, 0.2) is 78.0 Å². The van der Waals surface area contributed by atoms with E-state index in [0.29, 0.717) is 32.5 Å². The average molecular weight is 512 g/mol. The second-order valence-electron chi connectivity index (χ2n) is 7.42. The number of nitrogens with zero attached hydrogens (tertiary/aromatic N) is 3. The molecule has 0 aliphatic rings. The summed E-state index contributed by atoms with van der Waals surface area (Å²) in [5.74, 6) is 1.25. The molecule has 0 aliphatic carbocycles. The maximum atomic E-state index is 12.6. The molecule has 0 atom stereocenters. The Kier molecular flexibility index (Phi) is 8.11. The molecule has 4 rings (SSSR count). The molecule has 1 heterocycles. The molecule has 0 bridgehead atoms. The van der Waals surface area contributed by atoms with Gasteiger partial charge in [0.15, 0.2) is 11.0 Å². The van der Waals surface area contributed by atoms with E-state index in [-0.39, 0.29) is 12.6 Å². The average Bonchev–Trinajstić information content (AvgIpc) is 3.26. The molecule has 0 saturated carbocycles. The van der Waals surface area contributed by atoms with Crippen LogP contribution in [0.2, 0.25) is 10.0 Å². The fourth-order valence-electron chi connectivity index (χ4n) is 3.41. The summed E-state index contributed by atoms with van der Waals surface area (Å²) < 4.78 is 1.84.